The van der Waals surface area contributed by atoms with Crippen molar-refractivity contribution in [2.24, 2.45) is 4.99 Å². The smallest absolute Gasteiger partial charge is 0.128 e. The number of nitrogens with zero attached hydrogens (tertiary/aromatic N) is 4. The average Bonchev–Trinajstić information content (AvgIpc) is 3.08. The molecule has 5 heteroatoms. The molecular weight excluding hydrogens is 346 g/mol. The van der Waals surface area contributed by atoms with Gasteiger partial charge in [-0.05, 0) is 83.4 Å². The lowest BCUT2D eigenvalue weighted by molar-refractivity contribution is 0.0806. The van der Waals surface area contributed by atoms with Crippen LogP contribution in [-0.4, -0.2) is 59.4 Å². The number of hydrogen-bond acceptors (Lipinski definition) is 5. The van der Waals surface area contributed by atoms with Gasteiger partial charge in [0.2, 0.25) is 0 Å². The Bertz CT molecular complexity index is 768. The van der Waals surface area contributed by atoms with E-state index in [0.717, 1.165) is 18.8 Å². The molecule has 0 spiro atoms. The lowest BCUT2D eigenvalue weighted by Gasteiger charge is -2.43. The summed E-state index contributed by atoms with van der Waals surface area (Å²) in [5.74, 6) is 1.13. The third kappa shape index (κ3) is 3.65. The maximum Gasteiger partial charge on any atom is 0.128 e. The lowest BCUT2D eigenvalue weighted by Crippen LogP contribution is -2.51. The molecule has 4 heterocycles. The van der Waals surface area contributed by atoms with Crippen molar-refractivity contribution in [3.8, 4) is 0 Å². The van der Waals surface area contributed by atoms with Crippen molar-refractivity contribution >= 4 is 5.84 Å². The third-order valence-electron chi connectivity index (χ3n) is 6.58. The number of rotatable bonds is 6. The average molecular weight is 380 g/mol. The van der Waals surface area contributed by atoms with Gasteiger partial charge in [0.15, 0.2) is 0 Å². The van der Waals surface area contributed by atoms with Gasteiger partial charge in [0.1, 0.15) is 5.84 Å². The summed E-state index contributed by atoms with van der Waals surface area (Å²) < 4.78 is 0. The van der Waals surface area contributed by atoms with E-state index in [2.05, 4.69) is 59.6 Å². The topological polar surface area (TPSA) is 43.8 Å². The van der Waals surface area contributed by atoms with Crippen LogP contribution in [0.25, 0.3) is 0 Å². The van der Waals surface area contributed by atoms with Crippen LogP contribution in [0, 0.1) is 6.92 Å². The van der Waals surface area contributed by atoms with Crippen LogP contribution in [0.15, 0.2) is 47.7 Å². The van der Waals surface area contributed by atoms with E-state index in [1.165, 1.54) is 36.9 Å². The molecule has 4 atom stereocenters. The van der Waals surface area contributed by atoms with Crippen molar-refractivity contribution in [2.75, 3.05) is 20.6 Å². The molecule has 0 saturated carbocycles. The number of aromatic nitrogens is 1. The minimum Gasteiger partial charge on any atom is -0.328 e. The van der Waals surface area contributed by atoms with Crippen LogP contribution in [-0.2, 0) is 0 Å². The summed E-state index contributed by atoms with van der Waals surface area (Å²) in [6.07, 6.45) is 16.5. The Kier molecular flexibility index (Phi) is 5.93. The summed E-state index contributed by atoms with van der Waals surface area (Å²) in [5, 5.41) is 3.30. The van der Waals surface area contributed by atoms with Gasteiger partial charge in [0.05, 0.1) is 23.8 Å². The van der Waals surface area contributed by atoms with Gasteiger partial charge < -0.3 is 10.2 Å². The highest BCUT2D eigenvalue weighted by atomic mass is 15.3. The second-order valence-corrected chi connectivity index (χ2v) is 8.28. The summed E-state index contributed by atoms with van der Waals surface area (Å²) in [6.45, 7) is 3.24. The van der Waals surface area contributed by atoms with Gasteiger partial charge in [-0.3, -0.25) is 14.9 Å². The molecule has 28 heavy (non-hydrogen) atoms. The quantitative estimate of drug-likeness (QED) is 0.769. The van der Waals surface area contributed by atoms with Crippen molar-refractivity contribution < 1.29 is 0 Å². The number of piperidine rings is 1. The first-order valence-electron chi connectivity index (χ1n) is 10.7. The number of nitrogens with one attached hydrogen (secondary N) is 1. The van der Waals surface area contributed by atoms with Gasteiger partial charge in [-0.1, -0.05) is 12.1 Å². The largest absolute Gasteiger partial charge is 0.328 e. The number of likely N-dealkylation sites (tertiary alicyclic amines) is 1. The minimum absolute atomic E-state index is 0.316. The second-order valence-electron chi connectivity index (χ2n) is 8.28. The highest BCUT2D eigenvalue weighted by molar-refractivity contribution is 5.96. The first-order valence-corrected chi connectivity index (χ1v) is 10.7. The van der Waals surface area contributed by atoms with Crippen molar-refractivity contribution in [3.05, 3.63) is 54.0 Å². The maximum atomic E-state index is 5.22. The molecule has 0 radical (unpaired) electrons. The number of allylic oxidation sites excluding steroid dienone is 2. The van der Waals surface area contributed by atoms with E-state index in [1.807, 2.05) is 19.3 Å². The molecule has 150 valence electrons. The van der Waals surface area contributed by atoms with Gasteiger partial charge >= 0.3 is 0 Å². The Hall–Kier alpha value is -1.98. The third-order valence-corrected chi connectivity index (χ3v) is 6.58. The Balaban J connectivity index is 1.58. The van der Waals surface area contributed by atoms with E-state index in [-0.39, 0.29) is 0 Å². The van der Waals surface area contributed by atoms with Gasteiger partial charge in [-0.15, -0.1) is 0 Å². The van der Waals surface area contributed by atoms with Crippen LogP contribution in [0.5, 0.6) is 0 Å². The SMILES string of the molecule is CNCCCC1C([C@H]2CCC[C@@H](c3ncccc3C)N2C)N=C2C=CC=CN21. The number of pyridine rings is 1. The number of hydrogen-bond donors (Lipinski definition) is 1. The van der Waals surface area contributed by atoms with Gasteiger partial charge in [-0.25, -0.2) is 0 Å². The zero-order chi connectivity index (χ0) is 19.5. The lowest BCUT2D eigenvalue weighted by atomic mass is 9.85. The molecule has 2 unspecified atom stereocenters. The predicted octanol–water partition coefficient (Wildman–Crippen LogP) is 3.45. The van der Waals surface area contributed by atoms with E-state index < -0.39 is 0 Å². The summed E-state index contributed by atoms with van der Waals surface area (Å²) in [7, 11) is 4.32. The second kappa shape index (κ2) is 8.58. The van der Waals surface area contributed by atoms with Crippen LogP contribution < -0.4 is 5.32 Å². The predicted molar refractivity (Wildman–Crippen MR) is 115 cm³/mol. The molecule has 3 aliphatic heterocycles. The summed E-state index contributed by atoms with van der Waals surface area (Å²) in [4.78, 5) is 14.9. The fraction of sp³-hybridized carbons (Fsp3) is 0.565. The van der Waals surface area contributed by atoms with Crippen molar-refractivity contribution in [1.29, 1.82) is 0 Å². The number of likely N-dealkylation sites (N-methyl/N-ethyl adjacent to an activating group) is 1. The Labute approximate surface area is 169 Å². The highest BCUT2D eigenvalue weighted by Gasteiger charge is 2.43. The monoisotopic (exact) mass is 379 g/mol. The van der Waals surface area contributed by atoms with Crippen LogP contribution in [0.4, 0.5) is 0 Å². The van der Waals surface area contributed by atoms with Crippen LogP contribution in [0.2, 0.25) is 0 Å². The Morgan fingerprint density at radius 1 is 1.25 bits per heavy atom. The van der Waals surface area contributed by atoms with Crippen LogP contribution >= 0.6 is 0 Å². The molecule has 1 aromatic heterocycles. The molecule has 1 aromatic rings. The van der Waals surface area contributed by atoms with E-state index >= 15 is 0 Å². The van der Waals surface area contributed by atoms with Crippen molar-refractivity contribution in [1.82, 2.24) is 20.1 Å². The molecule has 0 amide bonds. The molecule has 1 N–H and O–H groups in total. The zero-order valence-corrected chi connectivity index (χ0v) is 17.4. The standard InChI is InChI=1S/C23H33N5/c1-17-9-7-15-25-22(17)18-10-6-11-19(27(18)3)23-20(12-8-14-24-2)28-16-5-4-13-21(28)26-23/h4-5,7,9,13,15-16,18-20,23-24H,6,8,10-12,14H2,1-3H3/t18-,19+,20?,23?/m0/s1. The number of amidine groups is 1. The van der Waals surface area contributed by atoms with Gasteiger partial charge in [0, 0.05) is 18.4 Å². The minimum atomic E-state index is 0.316. The summed E-state index contributed by atoms with van der Waals surface area (Å²) in [5.41, 5.74) is 2.54. The van der Waals surface area contributed by atoms with E-state index in [9.17, 15) is 0 Å². The van der Waals surface area contributed by atoms with E-state index in [1.54, 1.807) is 0 Å². The number of aryl methyl sites for hydroxylation is 1. The van der Waals surface area contributed by atoms with Gasteiger partial charge in [0.25, 0.3) is 0 Å². The van der Waals surface area contributed by atoms with Crippen molar-refractivity contribution in [3.63, 3.8) is 0 Å². The molecule has 5 nitrogen and oxygen atoms in total. The Morgan fingerprint density at radius 2 is 2.14 bits per heavy atom. The molecule has 1 saturated heterocycles. The van der Waals surface area contributed by atoms with E-state index in [0.29, 0.717) is 24.2 Å². The first-order chi connectivity index (χ1) is 13.7. The number of aliphatic imine (C=N–C) groups is 1. The molecule has 0 bridgehead atoms. The molecule has 1 fully saturated rings. The first kappa shape index (κ1) is 19.3. The molecule has 3 aliphatic rings. The molecule has 0 aliphatic carbocycles. The Morgan fingerprint density at radius 3 is 2.96 bits per heavy atom. The fourth-order valence-corrected chi connectivity index (χ4v) is 5.13. The number of fused-ring (bicyclic) bond motifs is 1. The maximum absolute atomic E-state index is 5.22. The van der Waals surface area contributed by atoms with Crippen LogP contribution in [0.1, 0.15) is 49.4 Å². The zero-order valence-electron chi connectivity index (χ0n) is 17.4. The summed E-state index contributed by atoms with van der Waals surface area (Å²) in [6, 6.07) is 5.83. The van der Waals surface area contributed by atoms with Crippen LogP contribution in [0.3, 0.4) is 0 Å². The fourth-order valence-electron chi connectivity index (χ4n) is 5.13. The molecule has 4 rings (SSSR count). The van der Waals surface area contributed by atoms with Gasteiger partial charge in [-0.2, -0.15) is 0 Å². The van der Waals surface area contributed by atoms with Crippen molar-refractivity contribution in [2.45, 2.75) is 63.2 Å². The molecule has 0 aromatic carbocycles. The highest BCUT2D eigenvalue weighted by Crippen LogP contribution is 2.39. The summed E-state index contributed by atoms with van der Waals surface area (Å²) >= 11 is 0. The molecular formula is C23H33N5. The normalized spacial score (nSPS) is 29.8. The van der Waals surface area contributed by atoms with E-state index in [4.69, 9.17) is 9.98 Å².